The number of hydrogen-bond donors (Lipinski definition) is 1. The third-order valence-electron chi connectivity index (χ3n) is 2.06. The van der Waals surface area contributed by atoms with Crippen molar-refractivity contribution in [3.8, 4) is 0 Å². The van der Waals surface area contributed by atoms with Gasteiger partial charge < -0.3 is 9.84 Å². The molecule has 1 aromatic heterocycles. The molecule has 0 aliphatic heterocycles. The molecule has 1 heterocycles. The Morgan fingerprint density at radius 1 is 1.44 bits per heavy atom. The molecule has 6 nitrogen and oxygen atoms in total. The second-order valence-electron chi connectivity index (χ2n) is 3.21. The maximum atomic E-state index is 11.1. The number of aliphatic carboxylic acids is 1. The molecular formula is C10H12N2O4. The van der Waals surface area contributed by atoms with Gasteiger partial charge in [-0.15, -0.1) is 0 Å². The molecule has 0 amide bonds. The van der Waals surface area contributed by atoms with E-state index in [4.69, 9.17) is 5.11 Å². The molecule has 0 saturated heterocycles. The predicted octanol–water partition coefficient (Wildman–Crippen LogP) is 0.598. The van der Waals surface area contributed by atoms with Crippen LogP contribution < -0.4 is 0 Å². The zero-order chi connectivity index (χ0) is 12.0. The average molecular weight is 224 g/mol. The third kappa shape index (κ3) is 3.64. The van der Waals surface area contributed by atoms with E-state index in [0.717, 1.165) is 0 Å². The molecule has 0 aliphatic carbocycles. The Balaban J connectivity index is 2.79. The van der Waals surface area contributed by atoms with Crippen LogP contribution in [0.3, 0.4) is 0 Å². The Hall–Kier alpha value is -1.98. The van der Waals surface area contributed by atoms with Crippen LogP contribution in [0.25, 0.3) is 0 Å². The summed E-state index contributed by atoms with van der Waals surface area (Å²) in [4.78, 5) is 29.6. The first-order chi connectivity index (χ1) is 7.63. The lowest BCUT2D eigenvalue weighted by Gasteiger charge is -2.11. The van der Waals surface area contributed by atoms with Crippen molar-refractivity contribution < 1.29 is 19.4 Å². The topological polar surface area (TPSA) is 89.4 Å². The number of carboxylic acid groups (broad SMARTS) is 1. The monoisotopic (exact) mass is 224 g/mol. The van der Waals surface area contributed by atoms with Gasteiger partial charge in [0.25, 0.3) is 0 Å². The fraction of sp³-hybridized carbons (Fsp3) is 0.400. The van der Waals surface area contributed by atoms with Crippen LogP contribution in [0.5, 0.6) is 0 Å². The summed E-state index contributed by atoms with van der Waals surface area (Å²) in [5, 5.41) is 8.73. The van der Waals surface area contributed by atoms with Gasteiger partial charge in [0.1, 0.15) is 0 Å². The Kier molecular flexibility index (Phi) is 4.38. The molecule has 1 atom stereocenters. The number of methoxy groups -OCH3 is 1. The molecule has 0 aliphatic rings. The SMILES string of the molecule is COC(=O)CC(CC(=O)O)c1cnccn1. The highest BCUT2D eigenvalue weighted by Gasteiger charge is 2.20. The van der Waals surface area contributed by atoms with E-state index < -0.39 is 17.9 Å². The van der Waals surface area contributed by atoms with Gasteiger partial charge >= 0.3 is 11.9 Å². The Morgan fingerprint density at radius 2 is 2.19 bits per heavy atom. The number of carbonyl (C=O) groups is 2. The van der Waals surface area contributed by atoms with Crippen molar-refractivity contribution in [2.45, 2.75) is 18.8 Å². The maximum absolute atomic E-state index is 11.1. The minimum absolute atomic E-state index is 0.0124. The Bertz CT molecular complexity index is 366. The van der Waals surface area contributed by atoms with E-state index in [1.807, 2.05) is 0 Å². The van der Waals surface area contributed by atoms with Gasteiger partial charge in [0.15, 0.2) is 0 Å². The number of esters is 1. The average Bonchev–Trinajstić information content (AvgIpc) is 2.28. The van der Waals surface area contributed by atoms with Crippen molar-refractivity contribution in [1.82, 2.24) is 9.97 Å². The van der Waals surface area contributed by atoms with Crippen LogP contribution in [-0.2, 0) is 14.3 Å². The number of nitrogens with zero attached hydrogens (tertiary/aromatic N) is 2. The molecule has 1 rings (SSSR count). The first-order valence-electron chi connectivity index (χ1n) is 4.68. The summed E-state index contributed by atoms with van der Waals surface area (Å²) in [5.74, 6) is -1.95. The Morgan fingerprint density at radius 3 is 2.69 bits per heavy atom. The second-order valence-corrected chi connectivity index (χ2v) is 3.21. The molecule has 0 spiro atoms. The van der Waals surface area contributed by atoms with E-state index >= 15 is 0 Å². The standard InChI is InChI=1S/C10H12N2O4/c1-16-10(15)5-7(4-9(13)14)8-6-11-2-3-12-8/h2-3,6-7H,4-5H2,1H3,(H,13,14). The van der Waals surface area contributed by atoms with E-state index in [-0.39, 0.29) is 12.8 Å². The zero-order valence-electron chi connectivity index (χ0n) is 8.79. The first-order valence-corrected chi connectivity index (χ1v) is 4.68. The summed E-state index contributed by atoms with van der Waals surface area (Å²) in [5.41, 5.74) is 0.482. The van der Waals surface area contributed by atoms with Crippen LogP contribution in [0, 0.1) is 0 Å². The van der Waals surface area contributed by atoms with Crippen molar-refractivity contribution in [2.75, 3.05) is 7.11 Å². The van der Waals surface area contributed by atoms with Crippen molar-refractivity contribution in [1.29, 1.82) is 0 Å². The van der Waals surface area contributed by atoms with E-state index in [1.54, 1.807) is 0 Å². The summed E-state index contributed by atoms with van der Waals surface area (Å²) in [6.07, 6.45) is 4.22. The Labute approximate surface area is 92.3 Å². The summed E-state index contributed by atoms with van der Waals surface area (Å²) in [6, 6.07) is 0. The summed E-state index contributed by atoms with van der Waals surface area (Å²) >= 11 is 0. The molecule has 0 radical (unpaired) electrons. The maximum Gasteiger partial charge on any atom is 0.306 e. The van der Waals surface area contributed by atoms with Crippen LogP contribution in [0.2, 0.25) is 0 Å². The number of rotatable bonds is 5. The van der Waals surface area contributed by atoms with Crippen LogP contribution >= 0.6 is 0 Å². The molecule has 1 unspecified atom stereocenters. The minimum atomic E-state index is -0.987. The molecule has 16 heavy (non-hydrogen) atoms. The van der Waals surface area contributed by atoms with Crippen LogP contribution in [0.4, 0.5) is 0 Å². The normalized spacial score (nSPS) is 11.8. The number of hydrogen-bond acceptors (Lipinski definition) is 5. The van der Waals surface area contributed by atoms with Crippen molar-refractivity contribution in [3.05, 3.63) is 24.3 Å². The summed E-state index contributed by atoms with van der Waals surface area (Å²) in [6.45, 7) is 0. The second kappa shape index (κ2) is 5.79. The largest absolute Gasteiger partial charge is 0.481 e. The van der Waals surface area contributed by atoms with Crippen LogP contribution in [0.15, 0.2) is 18.6 Å². The lowest BCUT2D eigenvalue weighted by molar-refractivity contribution is -0.141. The highest BCUT2D eigenvalue weighted by Crippen LogP contribution is 2.21. The molecule has 1 aromatic rings. The number of aromatic nitrogens is 2. The van der Waals surface area contributed by atoms with Gasteiger partial charge in [0, 0.05) is 24.5 Å². The lowest BCUT2D eigenvalue weighted by atomic mass is 9.98. The fourth-order valence-corrected chi connectivity index (χ4v) is 1.30. The molecule has 0 saturated carbocycles. The van der Waals surface area contributed by atoms with Gasteiger partial charge in [-0.2, -0.15) is 0 Å². The number of carbonyl (C=O) groups excluding carboxylic acids is 1. The van der Waals surface area contributed by atoms with E-state index in [2.05, 4.69) is 14.7 Å². The minimum Gasteiger partial charge on any atom is -0.481 e. The highest BCUT2D eigenvalue weighted by atomic mass is 16.5. The van der Waals surface area contributed by atoms with E-state index in [1.165, 1.54) is 25.7 Å². The van der Waals surface area contributed by atoms with E-state index in [0.29, 0.717) is 5.69 Å². The molecule has 0 fully saturated rings. The van der Waals surface area contributed by atoms with Crippen LogP contribution in [0.1, 0.15) is 24.5 Å². The molecule has 0 bridgehead atoms. The van der Waals surface area contributed by atoms with E-state index in [9.17, 15) is 9.59 Å². The van der Waals surface area contributed by atoms with Crippen LogP contribution in [-0.4, -0.2) is 34.1 Å². The highest BCUT2D eigenvalue weighted by molar-refractivity contribution is 5.73. The molecule has 6 heteroatoms. The van der Waals surface area contributed by atoms with Gasteiger partial charge in [-0.1, -0.05) is 0 Å². The molecule has 1 N–H and O–H groups in total. The summed E-state index contributed by atoms with van der Waals surface area (Å²) < 4.78 is 4.50. The van der Waals surface area contributed by atoms with Gasteiger partial charge in [-0.05, 0) is 0 Å². The molecule has 86 valence electrons. The summed E-state index contributed by atoms with van der Waals surface area (Å²) in [7, 11) is 1.26. The molecule has 0 aromatic carbocycles. The quantitative estimate of drug-likeness (QED) is 0.736. The van der Waals surface area contributed by atoms with Gasteiger partial charge in [-0.25, -0.2) is 0 Å². The number of carboxylic acids is 1. The van der Waals surface area contributed by atoms with Crippen molar-refractivity contribution in [2.24, 2.45) is 0 Å². The van der Waals surface area contributed by atoms with Gasteiger partial charge in [0.2, 0.25) is 0 Å². The van der Waals surface area contributed by atoms with Crippen molar-refractivity contribution >= 4 is 11.9 Å². The lowest BCUT2D eigenvalue weighted by Crippen LogP contribution is -2.13. The third-order valence-corrected chi connectivity index (χ3v) is 2.06. The first kappa shape index (κ1) is 12.1. The smallest absolute Gasteiger partial charge is 0.306 e. The van der Waals surface area contributed by atoms with Crippen molar-refractivity contribution in [3.63, 3.8) is 0 Å². The molecular weight excluding hydrogens is 212 g/mol. The predicted molar refractivity (Wildman–Crippen MR) is 53.7 cm³/mol. The van der Waals surface area contributed by atoms with Gasteiger partial charge in [0.05, 0.1) is 25.6 Å². The fourth-order valence-electron chi connectivity index (χ4n) is 1.30. The number of ether oxygens (including phenoxy) is 1. The van der Waals surface area contributed by atoms with Gasteiger partial charge in [-0.3, -0.25) is 19.6 Å². The zero-order valence-corrected chi connectivity index (χ0v) is 8.79.